The molecule has 0 bridgehead atoms. The van der Waals surface area contributed by atoms with Gasteiger partial charge in [0.1, 0.15) is 0 Å². The SMILES string of the molecule is NN.P.[Co].[W]. The summed E-state index contributed by atoms with van der Waals surface area (Å²) in [6.07, 6.45) is 0. The molecule has 4 N–H and O–H groups in total. The molecule has 0 aromatic rings. The van der Waals surface area contributed by atoms with Crippen LogP contribution in [0.5, 0.6) is 0 Å². The third kappa shape index (κ3) is 29.2. The van der Waals surface area contributed by atoms with Crippen LogP contribution in [0, 0.1) is 0 Å². The summed E-state index contributed by atoms with van der Waals surface area (Å²) in [5, 5.41) is 0. The van der Waals surface area contributed by atoms with Crippen molar-refractivity contribution in [2.75, 3.05) is 0 Å². The van der Waals surface area contributed by atoms with Crippen LogP contribution in [-0.2, 0) is 37.8 Å². The molecule has 1 atom stereocenters. The number of nitrogens with two attached hydrogens (primary N) is 2. The van der Waals surface area contributed by atoms with Crippen LogP contribution >= 0.6 is 9.90 Å². The van der Waals surface area contributed by atoms with Gasteiger partial charge in [0.15, 0.2) is 0 Å². The van der Waals surface area contributed by atoms with Gasteiger partial charge in [0.2, 0.25) is 0 Å². The third-order valence-corrected chi connectivity index (χ3v) is 0. The van der Waals surface area contributed by atoms with Crippen LogP contribution in [0.1, 0.15) is 0 Å². The number of rotatable bonds is 0. The molecule has 0 saturated carbocycles. The van der Waals surface area contributed by atoms with Gasteiger partial charge in [-0.25, -0.2) is 0 Å². The van der Waals surface area contributed by atoms with Crippen LogP contribution in [0.3, 0.4) is 0 Å². The first-order chi connectivity index (χ1) is 1.00. The minimum atomic E-state index is 0. The molecule has 0 aliphatic carbocycles. The molecule has 0 heterocycles. The zero-order chi connectivity index (χ0) is 2.00. The van der Waals surface area contributed by atoms with Crippen molar-refractivity contribution in [3.63, 3.8) is 0 Å². The van der Waals surface area contributed by atoms with Crippen LogP contribution in [0.4, 0.5) is 0 Å². The zero-order valence-corrected chi connectivity index (χ0v) is 7.99. The summed E-state index contributed by atoms with van der Waals surface area (Å²) in [4.78, 5) is 0. The second-order valence-electron chi connectivity index (χ2n) is 0. The van der Waals surface area contributed by atoms with Crippen molar-refractivity contribution < 1.29 is 37.8 Å². The summed E-state index contributed by atoms with van der Waals surface area (Å²) in [5.74, 6) is 8.00. The molecule has 0 aromatic heterocycles. The Bertz CT molecular complexity index is 9.61. The van der Waals surface area contributed by atoms with E-state index < -0.39 is 0 Å². The van der Waals surface area contributed by atoms with Crippen molar-refractivity contribution in [2.24, 2.45) is 11.7 Å². The topological polar surface area (TPSA) is 52.0 Å². The van der Waals surface area contributed by atoms with Gasteiger partial charge >= 0.3 is 0 Å². The summed E-state index contributed by atoms with van der Waals surface area (Å²) in [6, 6.07) is 0. The molecule has 1 radical (unpaired) electrons. The van der Waals surface area contributed by atoms with E-state index in [2.05, 4.69) is 11.7 Å². The van der Waals surface area contributed by atoms with E-state index in [1.54, 1.807) is 0 Å². The summed E-state index contributed by atoms with van der Waals surface area (Å²) >= 11 is 0. The predicted octanol–water partition coefficient (Wildman–Crippen LogP) is -1.13. The van der Waals surface area contributed by atoms with E-state index in [1.165, 1.54) is 0 Å². The van der Waals surface area contributed by atoms with E-state index in [0.29, 0.717) is 0 Å². The molecule has 0 fully saturated rings. The van der Waals surface area contributed by atoms with Crippen molar-refractivity contribution in [1.82, 2.24) is 0 Å². The maximum absolute atomic E-state index is 4.00. The van der Waals surface area contributed by atoms with E-state index in [4.69, 9.17) is 0 Å². The fourth-order valence-corrected chi connectivity index (χ4v) is 0. The molecule has 0 aliphatic rings. The Morgan fingerprint density at radius 3 is 1.00 bits per heavy atom. The van der Waals surface area contributed by atoms with Crippen LogP contribution in [-0.4, -0.2) is 0 Å². The van der Waals surface area contributed by atoms with E-state index >= 15 is 0 Å². The Morgan fingerprint density at radius 2 is 1.00 bits per heavy atom. The van der Waals surface area contributed by atoms with Crippen molar-refractivity contribution in [3.05, 3.63) is 0 Å². The first-order valence-corrected chi connectivity index (χ1v) is 0.333. The van der Waals surface area contributed by atoms with E-state index in [1.807, 2.05) is 0 Å². The molecule has 0 amide bonds. The molecule has 5 heavy (non-hydrogen) atoms. The van der Waals surface area contributed by atoms with Gasteiger partial charge in [0, 0.05) is 37.8 Å². The summed E-state index contributed by atoms with van der Waals surface area (Å²) in [7, 11) is 0. The predicted molar refractivity (Wildman–Crippen MR) is 19.5 cm³/mol. The Labute approximate surface area is 59.5 Å². The molecule has 1 unspecified atom stereocenters. The average Bonchev–Trinajstić information content (AvgIpc) is 1.00. The van der Waals surface area contributed by atoms with Crippen LogP contribution in [0.2, 0.25) is 0 Å². The molecule has 0 saturated heterocycles. The Kier molecular flexibility index (Phi) is 298. The van der Waals surface area contributed by atoms with Gasteiger partial charge in [-0.05, 0) is 0 Å². The largest absolute Gasteiger partial charge is 0.274 e. The van der Waals surface area contributed by atoms with Gasteiger partial charge in [-0.15, -0.1) is 0 Å². The zero-order valence-electron chi connectivity index (χ0n) is 2.60. The van der Waals surface area contributed by atoms with Crippen LogP contribution in [0.15, 0.2) is 0 Å². The van der Waals surface area contributed by atoms with Gasteiger partial charge in [-0.3, -0.25) is 11.7 Å². The van der Waals surface area contributed by atoms with Gasteiger partial charge in [0.05, 0.1) is 0 Å². The van der Waals surface area contributed by atoms with Gasteiger partial charge < -0.3 is 0 Å². The molecule has 0 rings (SSSR count). The average molecular weight is 309 g/mol. The molecular weight excluding hydrogens is 302 g/mol. The van der Waals surface area contributed by atoms with E-state index in [-0.39, 0.29) is 47.7 Å². The standard InChI is InChI=1S/Co.H4N2.H3P.W/c;1-2;;/h;1-2H2;1H3;. The van der Waals surface area contributed by atoms with E-state index in [0.717, 1.165) is 0 Å². The van der Waals surface area contributed by atoms with Gasteiger partial charge in [-0.1, -0.05) is 0 Å². The molecule has 0 aliphatic heterocycles. The fraction of sp³-hybridized carbons (Fsp3) is 0. The third-order valence-electron chi connectivity index (χ3n) is 0. The summed E-state index contributed by atoms with van der Waals surface area (Å²) < 4.78 is 0. The Hall–Kier alpha value is 1.54. The maximum atomic E-state index is 4.00. The monoisotopic (exact) mass is 309 g/mol. The second kappa shape index (κ2) is 48.0. The summed E-state index contributed by atoms with van der Waals surface area (Å²) in [5.41, 5.74) is 0. The van der Waals surface area contributed by atoms with Crippen molar-refractivity contribution in [2.45, 2.75) is 0 Å². The molecule has 5 heteroatoms. The molecular formula is H7CoN2PW. The van der Waals surface area contributed by atoms with Crippen molar-refractivity contribution in [1.29, 1.82) is 0 Å². The normalized spacial score (nSPS) is 1.20. The Morgan fingerprint density at radius 1 is 1.00 bits per heavy atom. The van der Waals surface area contributed by atoms with Gasteiger partial charge in [-0.2, -0.15) is 9.90 Å². The van der Waals surface area contributed by atoms with Crippen molar-refractivity contribution >= 4 is 9.90 Å². The van der Waals surface area contributed by atoms with Crippen LogP contribution < -0.4 is 11.7 Å². The second-order valence-corrected chi connectivity index (χ2v) is 0. The maximum Gasteiger partial charge on any atom is 0 e. The van der Waals surface area contributed by atoms with Gasteiger partial charge in [0.25, 0.3) is 0 Å². The fourth-order valence-electron chi connectivity index (χ4n) is 0. The number of hydrogen-bond acceptors (Lipinski definition) is 2. The van der Waals surface area contributed by atoms with Crippen LogP contribution in [0.25, 0.3) is 0 Å². The molecule has 0 aromatic carbocycles. The quantitative estimate of drug-likeness (QED) is 0.338. The minimum absolute atomic E-state index is 0. The van der Waals surface area contributed by atoms with Crippen molar-refractivity contribution in [3.8, 4) is 0 Å². The molecule has 37 valence electrons. The minimum Gasteiger partial charge on any atom is -0.274 e. The first-order valence-electron chi connectivity index (χ1n) is 0.333. The van der Waals surface area contributed by atoms with E-state index in [9.17, 15) is 0 Å². The Balaban J connectivity index is -0.00000000167. The molecule has 2 nitrogen and oxygen atoms in total. The first kappa shape index (κ1) is 31.1. The molecule has 0 spiro atoms. The smallest absolute Gasteiger partial charge is 0 e. The number of hydrogen-bond donors (Lipinski definition) is 2. The summed E-state index contributed by atoms with van der Waals surface area (Å²) in [6.45, 7) is 0. The number of hydrazine groups is 1.